The van der Waals surface area contributed by atoms with Crippen LogP contribution in [0.4, 0.5) is 15.8 Å². The zero-order valence-electron chi connectivity index (χ0n) is 17.2. The minimum Gasteiger partial charge on any atom is -0.497 e. The number of carbonyl (C=O) groups excluding carboxylic acids is 2. The molecule has 2 N–H and O–H groups in total. The lowest BCUT2D eigenvalue weighted by Gasteiger charge is -2.11. The van der Waals surface area contributed by atoms with Crippen molar-refractivity contribution in [3.8, 4) is 5.75 Å². The molecule has 0 aliphatic carbocycles. The van der Waals surface area contributed by atoms with Crippen molar-refractivity contribution in [3.63, 3.8) is 0 Å². The smallest absolute Gasteiger partial charge is 0.261 e. The number of amides is 1. The summed E-state index contributed by atoms with van der Waals surface area (Å²) >= 11 is 0. The number of benzene rings is 3. The molecule has 0 fully saturated rings. The second-order valence-electron chi connectivity index (χ2n) is 6.84. The highest BCUT2D eigenvalue weighted by molar-refractivity contribution is 7.92. The monoisotopic (exact) mass is 456 g/mol. The fraction of sp³-hybridized carbons (Fsp3) is 0.130. The Morgan fingerprint density at radius 1 is 0.906 bits per heavy atom. The van der Waals surface area contributed by atoms with E-state index in [1.165, 1.54) is 49.6 Å². The van der Waals surface area contributed by atoms with Gasteiger partial charge in [0.2, 0.25) is 5.91 Å². The molecule has 0 bridgehead atoms. The molecular weight excluding hydrogens is 435 g/mol. The molecule has 7 nitrogen and oxygen atoms in total. The number of ketones is 1. The number of halogens is 1. The van der Waals surface area contributed by atoms with Crippen LogP contribution in [-0.2, 0) is 14.8 Å². The minimum absolute atomic E-state index is 0.0338. The van der Waals surface area contributed by atoms with Crippen molar-refractivity contribution in [2.24, 2.45) is 0 Å². The van der Waals surface area contributed by atoms with Gasteiger partial charge >= 0.3 is 0 Å². The van der Waals surface area contributed by atoms with Gasteiger partial charge in [-0.15, -0.1) is 0 Å². The SMILES string of the molecule is COc1ccc(NS(=O)(=O)c2cccc(NC(=O)CCC(=O)c3ccc(F)cc3)c2)cc1. The molecule has 0 spiro atoms. The maximum Gasteiger partial charge on any atom is 0.261 e. The Bertz CT molecular complexity index is 1210. The molecule has 0 heterocycles. The summed E-state index contributed by atoms with van der Waals surface area (Å²) in [6, 6.07) is 17.3. The Labute approximate surface area is 185 Å². The number of nitrogens with one attached hydrogen (secondary N) is 2. The molecule has 3 rings (SSSR count). The van der Waals surface area contributed by atoms with Crippen molar-refractivity contribution >= 4 is 33.1 Å². The standard InChI is InChI=1S/C23H21FN2O5S/c1-31-20-11-9-18(10-12-20)26-32(29,30)21-4-2-3-19(15-21)25-23(28)14-13-22(27)16-5-7-17(24)8-6-16/h2-12,15,26H,13-14H2,1H3,(H,25,28). The summed E-state index contributed by atoms with van der Waals surface area (Å²) in [5, 5.41) is 2.59. The number of Topliss-reactive ketones (excluding diaryl/α,β-unsaturated/α-hetero) is 1. The second kappa shape index (κ2) is 10.1. The molecule has 0 saturated heterocycles. The maximum atomic E-state index is 12.9. The van der Waals surface area contributed by atoms with Gasteiger partial charge in [0.15, 0.2) is 5.78 Å². The second-order valence-corrected chi connectivity index (χ2v) is 8.52. The largest absolute Gasteiger partial charge is 0.497 e. The summed E-state index contributed by atoms with van der Waals surface area (Å²) in [7, 11) is -2.37. The molecule has 1 amide bonds. The van der Waals surface area contributed by atoms with Crippen LogP contribution in [0.3, 0.4) is 0 Å². The first kappa shape index (κ1) is 23.0. The Morgan fingerprint density at radius 3 is 2.25 bits per heavy atom. The molecule has 0 aliphatic rings. The van der Waals surface area contributed by atoms with Crippen LogP contribution in [0.5, 0.6) is 5.75 Å². The number of rotatable bonds is 9. The lowest BCUT2D eigenvalue weighted by atomic mass is 10.1. The quantitative estimate of drug-likeness (QED) is 0.469. The van der Waals surface area contributed by atoms with Gasteiger partial charge in [-0.2, -0.15) is 0 Å². The zero-order valence-corrected chi connectivity index (χ0v) is 18.0. The van der Waals surface area contributed by atoms with Crippen molar-refractivity contribution < 1.29 is 27.1 Å². The third-order valence-electron chi connectivity index (χ3n) is 4.52. The molecular formula is C23H21FN2O5S. The first-order valence-corrected chi connectivity index (χ1v) is 11.1. The summed E-state index contributed by atoms with van der Waals surface area (Å²) in [5.41, 5.74) is 0.957. The fourth-order valence-corrected chi connectivity index (χ4v) is 3.95. The van der Waals surface area contributed by atoms with Crippen LogP contribution < -0.4 is 14.8 Å². The van der Waals surface area contributed by atoms with Crippen molar-refractivity contribution in [2.75, 3.05) is 17.1 Å². The maximum absolute atomic E-state index is 12.9. The van der Waals surface area contributed by atoms with Gasteiger partial charge in [0.25, 0.3) is 10.0 Å². The topological polar surface area (TPSA) is 102 Å². The highest BCUT2D eigenvalue weighted by Crippen LogP contribution is 2.21. The van der Waals surface area contributed by atoms with Crippen LogP contribution in [0.1, 0.15) is 23.2 Å². The van der Waals surface area contributed by atoms with E-state index >= 15 is 0 Å². The predicted molar refractivity (Wildman–Crippen MR) is 119 cm³/mol. The Morgan fingerprint density at radius 2 is 1.59 bits per heavy atom. The Kier molecular flexibility index (Phi) is 7.21. The van der Waals surface area contributed by atoms with E-state index in [1.807, 2.05) is 0 Å². The van der Waals surface area contributed by atoms with Crippen LogP contribution in [0.25, 0.3) is 0 Å². The van der Waals surface area contributed by atoms with E-state index in [0.29, 0.717) is 17.0 Å². The number of hydrogen-bond acceptors (Lipinski definition) is 5. The lowest BCUT2D eigenvalue weighted by molar-refractivity contribution is -0.116. The molecule has 166 valence electrons. The van der Waals surface area contributed by atoms with Gasteiger partial charge in [0.05, 0.1) is 12.0 Å². The third kappa shape index (κ3) is 6.14. The van der Waals surface area contributed by atoms with Crippen LogP contribution in [-0.4, -0.2) is 27.2 Å². The van der Waals surface area contributed by atoms with Gasteiger partial charge in [-0.3, -0.25) is 14.3 Å². The fourth-order valence-electron chi connectivity index (χ4n) is 2.84. The van der Waals surface area contributed by atoms with E-state index in [-0.39, 0.29) is 29.2 Å². The summed E-state index contributed by atoms with van der Waals surface area (Å²) in [6.45, 7) is 0. The predicted octanol–water partition coefficient (Wildman–Crippen LogP) is 4.24. The molecule has 0 aromatic heterocycles. The van der Waals surface area contributed by atoms with Crippen LogP contribution in [0.2, 0.25) is 0 Å². The van der Waals surface area contributed by atoms with Crippen LogP contribution in [0, 0.1) is 5.82 Å². The van der Waals surface area contributed by atoms with Crippen LogP contribution >= 0.6 is 0 Å². The van der Waals surface area contributed by atoms with Gasteiger partial charge in [-0.05, 0) is 66.7 Å². The molecule has 0 aliphatic heterocycles. The third-order valence-corrected chi connectivity index (χ3v) is 5.89. The average Bonchev–Trinajstić information content (AvgIpc) is 2.78. The number of carbonyl (C=O) groups is 2. The summed E-state index contributed by atoms with van der Waals surface area (Å²) in [4.78, 5) is 24.3. The number of methoxy groups -OCH3 is 1. The van der Waals surface area contributed by atoms with Gasteiger partial charge in [-0.1, -0.05) is 6.07 Å². The zero-order chi connectivity index (χ0) is 23.1. The molecule has 0 radical (unpaired) electrons. The van der Waals surface area contributed by atoms with Crippen molar-refractivity contribution in [2.45, 2.75) is 17.7 Å². The summed E-state index contributed by atoms with van der Waals surface area (Å²) in [5.74, 6) is -0.593. The van der Waals surface area contributed by atoms with E-state index in [9.17, 15) is 22.4 Å². The highest BCUT2D eigenvalue weighted by atomic mass is 32.2. The first-order chi connectivity index (χ1) is 15.3. The Hall–Kier alpha value is -3.72. The van der Waals surface area contributed by atoms with Gasteiger partial charge in [-0.25, -0.2) is 12.8 Å². The normalized spacial score (nSPS) is 10.9. The molecule has 3 aromatic carbocycles. The number of anilines is 2. The van der Waals surface area contributed by atoms with E-state index in [2.05, 4.69) is 10.0 Å². The van der Waals surface area contributed by atoms with E-state index in [0.717, 1.165) is 0 Å². The number of hydrogen-bond donors (Lipinski definition) is 2. The molecule has 32 heavy (non-hydrogen) atoms. The van der Waals surface area contributed by atoms with Gasteiger partial charge in [0, 0.05) is 29.8 Å². The van der Waals surface area contributed by atoms with E-state index in [4.69, 9.17) is 4.74 Å². The van der Waals surface area contributed by atoms with Crippen molar-refractivity contribution in [1.82, 2.24) is 0 Å². The molecule has 9 heteroatoms. The van der Waals surface area contributed by atoms with Gasteiger partial charge in [0.1, 0.15) is 11.6 Å². The van der Waals surface area contributed by atoms with Crippen molar-refractivity contribution in [3.05, 3.63) is 84.2 Å². The number of sulfonamides is 1. The molecule has 0 saturated carbocycles. The summed E-state index contributed by atoms with van der Waals surface area (Å²) in [6.07, 6.45) is -0.161. The first-order valence-electron chi connectivity index (χ1n) is 9.62. The minimum atomic E-state index is -3.88. The van der Waals surface area contributed by atoms with Crippen molar-refractivity contribution in [1.29, 1.82) is 0 Å². The average molecular weight is 456 g/mol. The molecule has 0 unspecified atom stereocenters. The van der Waals surface area contributed by atoms with Gasteiger partial charge < -0.3 is 10.1 Å². The summed E-state index contributed by atoms with van der Waals surface area (Å²) < 4.78 is 45.8. The number of ether oxygens (including phenoxy) is 1. The highest BCUT2D eigenvalue weighted by Gasteiger charge is 2.16. The van der Waals surface area contributed by atoms with Crippen LogP contribution in [0.15, 0.2) is 77.7 Å². The molecule has 3 aromatic rings. The van der Waals surface area contributed by atoms with E-state index in [1.54, 1.807) is 30.3 Å². The lowest BCUT2D eigenvalue weighted by Crippen LogP contribution is -2.15. The molecule has 0 atom stereocenters. The van der Waals surface area contributed by atoms with E-state index < -0.39 is 21.7 Å². The Balaban J connectivity index is 1.61.